The lowest BCUT2D eigenvalue weighted by atomic mass is 9.90. The van der Waals surface area contributed by atoms with E-state index in [9.17, 15) is 4.39 Å². The Labute approximate surface area is 275 Å². The Morgan fingerprint density at radius 3 is 2.51 bits per heavy atom. The van der Waals surface area contributed by atoms with Gasteiger partial charge >= 0.3 is 0 Å². The molecule has 11 heteroatoms. The van der Waals surface area contributed by atoms with E-state index in [0.717, 1.165) is 111 Å². The van der Waals surface area contributed by atoms with Gasteiger partial charge in [0.15, 0.2) is 5.65 Å². The van der Waals surface area contributed by atoms with Gasteiger partial charge in [0.1, 0.15) is 23.7 Å². The zero-order valence-electron chi connectivity index (χ0n) is 27.2. The maximum atomic E-state index is 14.3. The van der Waals surface area contributed by atoms with Crippen LogP contribution in [0.3, 0.4) is 0 Å². The summed E-state index contributed by atoms with van der Waals surface area (Å²) in [6.07, 6.45) is 6.42. The molecule has 1 aliphatic carbocycles. The monoisotopic (exact) mass is 640 g/mol. The number of nitrogens with two attached hydrogens (primary N) is 1. The lowest BCUT2D eigenvalue weighted by Crippen LogP contribution is -2.51. The molecule has 1 saturated heterocycles. The summed E-state index contributed by atoms with van der Waals surface area (Å²) in [6, 6.07) is 16.1. The highest BCUT2D eigenvalue weighted by atomic mass is 19.1. The van der Waals surface area contributed by atoms with E-state index in [1.807, 2.05) is 19.1 Å². The first-order valence-electron chi connectivity index (χ1n) is 17.0. The number of fused-ring (bicyclic) bond motifs is 2. The molecule has 248 valence electrons. The van der Waals surface area contributed by atoms with Crippen molar-refractivity contribution in [1.82, 2.24) is 34.5 Å². The van der Waals surface area contributed by atoms with E-state index in [2.05, 4.69) is 53.7 Å². The first-order chi connectivity index (χ1) is 23.1. The number of aromatic nitrogens is 5. The number of hydrogen-bond donors (Lipinski definition) is 2. The number of piperazine rings is 1. The molecule has 0 spiro atoms. The standard InChI is InChI=1S/C36H45FN8O2/c1-2-46-19-20-47-18-17-43-13-15-44(16-14-43)29-8-10-30(11-9-29)45-36-33(35(38)39-24-40-36)34(42-45)26-7-12-32-27(21-26)23-28(41-32)22-25-5-3-4-6-31(25)37/h3-7,12,21,23-24,29-30,41H,2,8-11,13-20,22H2,1H3,(H2,38,39,40)/t29-,30-. The lowest BCUT2D eigenvalue weighted by Gasteiger charge is -2.42. The van der Waals surface area contributed by atoms with Crippen molar-refractivity contribution in [2.24, 2.45) is 0 Å². The van der Waals surface area contributed by atoms with Gasteiger partial charge in [-0.1, -0.05) is 24.3 Å². The molecule has 0 amide bonds. The molecular formula is C36H45FN8O2. The molecule has 3 aromatic heterocycles. The molecule has 47 heavy (non-hydrogen) atoms. The number of aromatic amines is 1. The number of H-pyrrole nitrogens is 1. The maximum absolute atomic E-state index is 14.3. The Kier molecular flexibility index (Phi) is 9.76. The van der Waals surface area contributed by atoms with E-state index in [0.29, 0.717) is 37.1 Å². The number of benzene rings is 2. The van der Waals surface area contributed by atoms with E-state index < -0.39 is 0 Å². The second-order valence-electron chi connectivity index (χ2n) is 12.8. The van der Waals surface area contributed by atoms with Crippen molar-refractivity contribution < 1.29 is 13.9 Å². The second-order valence-corrected chi connectivity index (χ2v) is 12.8. The number of anilines is 1. The van der Waals surface area contributed by atoms with Crippen LogP contribution in [0, 0.1) is 5.82 Å². The summed E-state index contributed by atoms with van der Waals surface area (Å²) in [6.45, 7) is 10.2. The van der Waals surface area contributed by atoms with Crippen molar-refractivity contribution in [2.45, 2.75) is 51.1 Å². The molecule has 2 aromatic carbocycles. The van der Waals surface area contributed by atoms with Gasteiger partial charge in [-0.2, -0.15) is 5.10 Å². The molecule has 1 saturated carbocycles. The fraction of sp³-hybridized carbons (Fsp3) is 0.472. The summed E-state index contributed by atoms with van der Waals surface area (Å²) in [5.41, 5.74) is 11.7. The van der Waals surface area contributed by atoms with Crippen LogP contribution in [0.5, 0.6) is 0 Å². The van der Waals surface area contributed by atoms with Crippen LogP contribution in [0.1, 0.15) is 49.9 Å². The molecule has 0 radical (unpaired) electrons. The minimum atomic E-state index is -0.193. The van der Waals surface area contributed by atoms with Crippen LogP contribution in [-0.2, 0) is 15.9 Å². The normalized spacial score (nSPS) is 19.6. The molecule has 10 nitrogen and oxygen atoms in total. The van der Waals surface area contributed by atoms with Gasteiger partial charge in [0.05, 0.1) is 31.2 Å². The molecular weight excluding hydrogens is 595 g/mol. The van der Waals surface area contributed by atoms with Crippen molar-refractivity contribution >= 4 is 27.8 Å². The third-order valence-electron chi connectivity index (χ3n) is 9.87. The second kappa shape index (κ2) is 14.5. The third kappa shape index (κ3) is 7.03. The number of nitrogens with one attached hydrogen (secondary N) is 1. The molecule has 3 N–H and O–H groups in total. The van der Waals surface area contributed by atoms with Crippen LogP contribution in [-0.4, -0.2) is 99.7 Å². The van der Waals surface area contributed by atoms with E-state index in [1.54, 1.807) is 12.4 Å². The maximum Gasteiger partial charge on any atom is 0.164 e. The van der Waals surface area contributed by atoms with E-state index in [-0.39, 0.29) is 11.9 Å². The van der Waals surface area contributed by atoms with Crippen molar-refractivity contribution in [2.75, 3.05) is 64.9 Å². The van der Waals surface area contributed by atoms with Crippen LogP contribution in [0.4, 0.5) is 10.2 Å². The topological polar surface area (TPSA) is 110 Å². The van der Waals surface area contributed by atoms with Crippen molar-refractivity contribution in [3.05, 3.63) is 71.9 Å². The zero-order chi connectivity index (χ0) is 32.2. The number of nitrogens with zero attached hydrogens (tertiary/aromatic N) is 6. The molecule has 2 aliphatic rings. The van der Waals surface area contributed by atoms with Crippen LogP contribution in [0.25, 0.3) is 33.2 Å². The lowest BCUT2D eigenvalue weighted by molar-refractivity contribution is 0.0267. The summed E-state index contributed by atoms with van der Waals surface area (Å²) in [5.74, 6) is 0.249. The molecule has 7 rings (SSSR count). The number of rotatable bonds is 12. The van der Waals surface area contributed by atoms with Gasteiger partial charge in [0.25, 0.3) is 0 Å². The summed E-state index contributed by atoms with van der Waals surface area (Å²) in [7, 11) is 0. The Hall–Kier alpha value is -3.90. The zero-order valence-corrected chi connectivity index (χ0v) is 27.2. The SMILES string of the molecule is CCOCCOCCN1CCN([C@H]2CC[C@H](n3nc(-c4ccc5[nH]c(Cc6ccccc6F)cc5c4)c4c(N)ncnc43)CC2)CC1. The van der Waals surface area contributed by atoms with E-state index in [1.165, 1.54) is 6.07 Å². The molecule has 2 fully saturated rings. The summed E-state index contributed by atoms with van der Waals surface area (Å²) in [5, 5.41) is 7.01. The Bertz CT molecular complexity index is 1790. The fourth-order valence-electron chi connectivity index (χ4n) is 7.31. The molecule has 5 aromatic rings. The Morgan fingerprint density at radius 1 is 0.915 bits per heavy atom. The summed E-state index contributed by atoms with van der Waals surface area (Å²) < 4.78 is 27.5. The smallest absolute Gasteiger partial charge is 0.164 e. The predicted octanol–water partition coefficient (Wildman–Crippen LogP) is 5.44. The van der Waals surface area contributed by atoms with Gasteiger partial charge in [-0.25, -0.2) is 19.0 Å². The van der Waals surface area contributed by atoms with E-state index in [4.69, 9.17) is 20.3 Å². The molecule has 0 bridgehead atoms. The minimum Gasteiger partial charge on any atom is -0.383 e. The van der Waals surface area contributed by atoms with Crippen molar-refractivity contribution in [3.63, 3.8) is 0 Å². The molecule has 0 atom stereocenters. The van der Waals surface area contributed by atoms with Gasteiger partial charge in [0, 0.05) is 74.0 Å². The quantitative estimate of drug-likeness (QED) is 0.174. The van der Waals surface area contributed by atoms with Crippen molar-refractivity contribution in [3.8, 4) is 11.3 Å². The number of ether oxygens (including phenoxy) is 2. The summed E-state index contributed by atoms with van der Waals surface area (Å²) >= 11 is 0. The highest BCUT2D eigenvalue weighted by Gasteiger charge is 2.31. The first kappa shape index (κ1) is 31.7. The molecule has 0 unspecified atom stereocenters. The van der Waals surface area contributed by atoms with Crippen LogP contribution in [0.2, 0.25) is 0 Å². The van der Waals surface area contributed by atoms with Gasteiger partial charge in [0.2, 0.25) is 0 Å². The number of hydrogen-bond acceptors (Lipinski definition) is 8. The Balaban J connectivity index is 1.01. The number of nitrogen functional groups attached to an aromatic ring is 1. The average Bonchev–Trinajstić information content (AvgIpc) is 3.69. The van der Waals surface area contributed by atoms with Crippen LogP contribution in [0.15, 0.2) is 54.9 Å². The highest BCUT2D eigenvalue weighted by Crippen LogP contribution is 2.38. The predicted molar refractivity (Wildman–Crippen MR) is 183 cm³/mol. The van der Waals surface area contributed by atoms with Crippen molar-refractivity contribution in [1.29, 1.82) is 0 Å². The van der Waals surface area contributed by atoms with Crippen LogP contribution < -0.4 is 5.73 Å². The minimum absolute atomic E-state index is 0.193. The fourth-order valence-corrected chi connectivity index (χ4v) is 7.31. The summed E-state index contributed by atoms with van der Waals surface area (Å²) in [4.78, 5) is 17.7. The molecule has 1 aliphatic heterocycles. The first-order valence-corrected chi connectivity index (χ1v) is 17.0. The van der Waals surface area contributed by atoms with Gasteiger partial charge < -0.3 is 20.2 Å². The van der Waals surface area contributed by atoms with Gasteiger partial charge in [-0.15, -0.1) is 0 Å². The molecule has 4 heterocycles. The largest absolute Gasteiger partial charge is 0.383 e. The average molecular weight is 641 g/mol. The Morgan fingerprint density at radius 2 is 1.70 bits per heavy atom. The highest BCUT2D eigenvalue weighted by molar-refractivity contribution is 6.00. The van der Waals surface area contributed by atoms with Gasteiger partial charge in [-0.3, -0.25) is 9.80 Å². The number of halogens is 1. The van der Waals surface area contributed by atoms with E-state index >= 15 is 0 Å². The third-order valence-corrected chi connectivity index (χ3v) is 9.87. The van der Waals surface area contributed by atoms with Crippen LogP contribution >= 0.6 is 0 Å². The van der Waals surface area contributed by atoms with Gasteiger partial charge in [-0.05, 0) is 62.4 Å².